The van der Waals surface area contributed by atoms with Crippen molar-refractivity contribution in [1.29, 1.82) is 0 Å². The highest BCUT2D eigenvalue weighted by atomic mass is 32.2. The minimum atomic E-state index is -3.74. The smallest absolute Gasteiger partial charge is 0.264 e. The van der Waals surface area contributed by atoms with Crippen molar-refractivity contribution in [2.75, 3.05) is 0 Å². The number of hydrogen-bond donors (Lipinski definition) is 1. The fourth-order valence-electron chi connectivity index (χ4n) is 2.07. The van der Waals surface area contributed by atoms with E-state index in [9.17, 15) is 13.2 Å². The number of sulfonamides is 1. The molecule has 1 aromatic rings. The fraction of sp³-hybridized carbons (Fsp3) is 0.357. The van der Waals surface area contributed by atoms with E-state index >= 15 is 0 Å². The maximum Gasteiger partial charge on any atom is 0.264 e. The van der Waals surface area contributed by atoms with Crippen LogP contribution < -0.4 is 4.72 Å². The SMILES string of the molecule is Cc1ccc(S(=O)(=O)NC(=O)CC2=CCCC2)cc1. The van der Waals surface area contributed by atoms with E-state index in [4.69, 9.17) is 0 Å². The van der Waals surface area contributed by atoms with Crippen LogP contribution in [0.5, 0.6) is 0 Å². The first-order valence-electron chi connectivity index (χ1n) is 6.27. The maximum absolute atomic E-state index is 12.0. The summed E-state index contributed by atoms with van der Waals surface area (Å²) in [7, 11) is -3.74. The molecule has 1 amide bonds. The molecule has 0 saturated carbocycles. The van der Waals surface area contributed by atoms with E-state index in [0.717, 1.165) is 30.4 Å². The molecule has 0 bridgehead atoms. The number of rotatable bonds is 4. The van der Waals surface area contributed by atoms with Crippen LogP contribution in [-0.2, 0) is 14.8 Å². The Bertz CT molecular complexity index is 600. The lowest BCUT2D eigenvalue weighted by Gasteiger charge is -2.07. The van der Waals surface area contributed by atoms with Gasteiger partial charge in [0.15, 0.2) is 0 Å². The van der Waals surface area contributed by atoms with Crippen LogP contribution in [0.4, 0.5) is 0 Å². The van der Waals surface area contributed by atoms with Crippen LogP contribution in [0.2, 0.25) is 0 Å². The highest BCUT2D eigenvalue weighted by Gasteiger charge is 2.18. The summed E-state index contributed by atoms with van der Waals surface area (Å²) in [5.74, 6) is -0.464. The van der Waals surface area contributed by atoms with Crippen molar-refractivity contribution >= 4 is 15.9 Å². The van der Waals surface area contributed by atoms with Gasteiger partial charge in [-0.25, -0.2) is 13.1 Å². The van der Waals surface area contributed by atoms with Crippen molar-refractivity contribution in [2.24, 2.45) is 0 Å². The molecule has 0 aliphatic heterocycles. The van der Waals surface area contributed by atoms with Crippen LogP contribution in [-0.4, -0.2) is 14.3 Å². The van der Waals surface area contributed by atoms with E-state index < -0.39 is 15.9 Å². The summed E-state index contributed by atoms with van der Waals surface area (Å²) in [4.78, 5) is 11.8. The van der Waals surface area contributed by atoms with Gasteiger partial charge < -0.3 is 0 Å². The van der Waals surface area contributed by atoms with Crippen LogP contribution in [0.15, 0.2) is 40.8 Å². The first-order valence-corrected chi connectivity index (χ1v) is 7.76. The van der Waals surface area contributed by atoms with Crippen LogP contribution in [0.1, 0.15) is 31.2 Å². The van der Waals surface area contributed by atoms with Gasteiger partial charge in [-0.15, -0.1) is 0 Å². The van der Waals surface area contributed by atoms with Gasteiger partial charge in [0, 0.05) is 6.42 Å². The molecule has 0 unspecified atom stereocenters. The first kappa shape index (κ1) is 13.8. The number of amides is 1. The van der Waals surface area contributed by atoms with Gasteiger partial charge in [0.1, 0.15) is 0 Å². The third-order valence-electron chi connectivity index (χ3n) is 3.10. The molecule has 1 aliphatic carbocycles. The van der Waals surface area contributed by atoms with E-state index in [2.05, 4.69) is 4.72 Å². The Labute approximate surface area is 113 Å². The van der Waals surface area contributed by atoms with E-state index in [1.165, 1.54) is 12.1 Å². The lowest BCUT2D eigenvalue weighted by molar-refractivity contribution is -0.118. The Kier molecular flexibility index (Phi) is 4.04. The largest absolute Gasteiger partial charge is 0.274 e. The normalized spacial score (nSPS) is 15.1. The molecule has 0 spiro atoms. The maximum atomic E-state index is 12.0. The average molecular weight is 279 g/mol. The van der Waals surface area contributed by atoms with Crippen molar-refractivity contribution in [3.05, 3.63) is 41.5 Å². The van der Waals surface area contributed by atoms with E-state index in [0.29, 0.717) is 0 Å². The van der Waals surface area contributed by atoms with Gasteiger partial charge in [0.05, 0.1) is 4.90 Å². The topological polar surface area (TPSA) is 63.2 Å². The summed E-state index contributed by atoms with van der Waals surface area (Å²) >= 11 is 0. The third kappa shape index (κ3) is 3.67. The highest BCUT2D eigenvalue weighted by Crippen LogP contribution is 2.20. The fourth-order valence-corrected chi connectivity index (χ4v) is 3.05. The van der Waals surface area contributed by atoms with Crippen LogP contribution in [0.3, 0.4) is 0 Å². The number of benzene rings is 1. The van der Waals surface area contributed by atoms with Gasteiger partial charge in [-0.3, -0.25) is 4.79 Å². The van der Waals surface area contributed by atoms with Gasteiger partial charge in [-0.1, -0.05) is 29.3 Å². The summed E-state index contributed by atoms with van der Waals surface area (Å²) in [6, 6.07) is 6.41. The van der Waals surface area contributed by atoms with Crippen LogP contribution in [0.25, 0.3) is 0 Å². The Morgan fingerprint density at radius 2 is 1.95 bits per heavy atom. The molecule has 2 rings (SSSR count). The summed E-state index contributed by atoms with van der Waals surface area (Å²) in [5, 5.41) is 0. The van der Waals surface area contributed by atoms with Crippen molar-refractivity contribution in [3.8, 4) is 0 Å². The molecule has 0 saturated heterocycles. The molecular formula is C14H17NO3S. The molecule has 4 nitrogen and oxygen atoms in total. The molecule has 5 heteroatoms. The number of nitrogens with one attached hydrogen (secondary N) is 1. The van der Waals surface area contributed by atoms with Crippen LogP contribution in [0, 0.1) is 6.92 Å². The Hall–Kier alpha value is -1.62. The zero-order valence-electron chi connectivity index (χ0n) is 10.8. The number of allylic oxidation sites excluding steroid dienone is 1. The van der Waals surface area contributed by atoms with E-state index in [1.807, 2.05) is 13.0 Å². The summed E-state index contributed by atoms with van der Waals surface area (Å²) in [5.41, 5.74) is 2.00. The van der Waals surface area contributed by atoms with Gasteiger partial charge >= 0.3 is 0 Å². The minimum Gasteiger partial charge on any atom is -0.274 e. The molecule has 0 fully saturated rings. The van der Waals surface area contributed by atoms with Crippen molar-refractivity contribution in [2.45, 2.75) is 37.5 Å². The average Bonchev–Trinajstić information content (AvgIpc) is 2.81. The monoisotopic (exact) mass is 279 g/mol. The number of aryl methyl sites for hydroxylation is 1. The molecule has 0 atom stereocenters. The molecule has 1 aliphatic rings. The second kappa shape index (κ2) is 5.57. The van der Waals surface area contributed by atoms with E-state index in [1.54, 1.807) is 12.1 Å². The molecule has 0 heterocycles. The third-order valence-corrected chi connectivity index (χ3v) is 4.49. The molecular weight excluding hydrogens is 262 g/mol. The van der Waals surface area contributed by atoms with Crippen molar-refractivity contribution in [1.82, 2.24) is 4.72 Å². The van der Waals surface area contributed by atoms with Crippen molar-refractivity contribution in [3.63, 3.8) is 0 Å². The number of carbonyl (C=O) groups excluding carboxylic acids is 1. The first-order chi connectivity index (χ1) is 8.97. The Morgan fingerprint density at radius 3 is 2.53 bits per heavy atom. The molecule has 19 heavy (non-hydrogen) atoms. The van der Waals surface area contributed by atoms with Crippen molar-refractivity contribution < 1.29 is 13.2 Å². The zero-order valence-corrected chi connectivity index (χ0v) is 11.7. The summed E-state index contributed by atoms with van der Waals surface area (Å²) in [6.07, 6.45) is 5.10. The van der Waals surface area contributed by atoms with E-state index in [-0.39, 0.29) is 11.3 Å². The van der Waals surface area contributed by atoms with Gasteiger partial charge in [0.2, 0.25) is 5.91 Å². The quantitative estimate of drug-likeness (QED) is 0.860. The lowest BCUT2D eigenvalue weighted by atomic mass is 10.2. The van der Waals surface area contributed by atoms with Crippen LogP contribution >= 0.6 is 0 Å². The molecule has 102 valence electrons. The Balaban J connectivity index is 2.04. The summed E-state index contributed by atoms with van der Waals surface area (Å²) < 4.78 is 26.1. The predicted octanol–water partition coefficient (Wildman–Crippen LogP) is 2.30. The van der Waals surface area contributed by atoms with Gasteiger partial charge in [-0.2, -0.15) is 0 Å². The van der Waals surface area contributed by atoms with Gasteiger partial charge in [-0.05, 0) is 38.3 Å². The second-order valence-corrected chi connectivity index (χ2v) is 6.46. The highest BCUT2D eigenvalue weighted by molar-refractivity contribution is 7.90. The summed E-state index contributed by atoms with van der Waals surface area (Å²) in [6.45, 7) is 1.88. The molecule has 0 aromatic heterocycles. The lowest BCUT2D eigenvalue weighted by Crippen LogP contribution is -2.30. The minimum absolute atomic E-state index is 0.117. The number of hydrogen-bond acceptors (Lipinski definition) is 3. The van der Waals surface area contributed by atoms with Gasteiger partial charge in [0.25, 0.3) is 10.0 Å². The second-order valence-electron chi connectivity index (χ2n) is 4.77. The molecule has 1 N–H and O–H groups in total. The zero-order chi connectivity index (χ0) is 13.9. The Morgan fingerprint density at radius 1 is 1.26 bits per heavy atom. The number of carbonyl (C=O) groups is 1. The molecule has 1 aromatic carbocycles. The standard InChI is InChI=1S/C14H17NO3S/c1-11-6-8-13(9-7-11)19(17,18)15-14(16)10-12-4-2-3-5-12/h4,6-9H,2-3,5,10H2,1H3,(H,15,16). The molecule has 0 radical (unpaired) electrons. The predicted molar refractivity (Wildman–Crippen MR) is 73.1 cm³/mol.